The van der Waals surface area contributed by atoms with Crippen molar-refractivity contribution < 1.29 is 18.0 Å². The van der Waals surface area contributed by atoms with E-state index in [9.17, 15) is 18.0 Å². The van der Waals surface area contributed by atoms with Crippen LogP contribution in [0.2, 0.25) is 5.02 Å². The zero-order chi connectivity index (χ0) is 25.0. The molecule has 1 N–H and O–H groups in total. The molecule has 0 bridgehead atoms. The van der Waals surface area contributed by atoms with Crippen LogP contribution in [-0.4, -0.2) is 49.5 Å². The summed E-state index contributed by atoms with van der Waals surface area (Å²) in [5.41, 5.74) is 1.68. The molecule has 7 nitrogen and oxygen atoms in total. The van der Waals surface area contributed by atoms with Crippen molar-refractivity contribution in [3.05, 3.63) is 64.7 Å². The molecule has 0 unspecified atom stereocenters. The van der Waals surface area contributed by atoms with E-state index >= 15 is 0 Å². The molecule has 2 aromatic carbocycles. The van der Waals surface area contributed by atoms with E-state index in [0.717, 1.165) is 21.7 Å². The minimum Gasteiger partial charge on any atom is -0.350 e. The van der Waals surface area contributed by atoms with Gasteiger partial charge in [0.25, 0.3) is 0 Å². The van der Waals surface area contributed by atoms with Crippen molar-refractivity contribution in [1.82, 2.24) is 10.2 Å². The number of benzene rings is 2. The highest BCUT2D eigenvalue weighted by atomic mass is 35.5. The first-order valence-corrected chi connectivity index (χ1v) is 12.8. The standard InChI is InChI=1S/C24H32ClN3O4S/c1-17-9-7-8-10-19(17)15-27(18(2)23(30)26-24(3,4)5)22(29)16-28(33(6,31)32)21-13-11-20(25)12-14-21/h7-14,18H,15-16H2,1-6H3,(H,26,30)/t18-/m1/s1. The number of anilines is 1. The first-order valence-electron chi connectivity index (χ1n) is 10.6. The first kappa shape index (κ1) is 26.7. The number of halogens is 1. The lowest BCUT2D eigenvalue weighted by atomic mass is 10.1. The van der Waals surface area contributed by atoms with Gasteiger partial charge in [-0.05, 0) is 70.0 Å². The Morgan fingerprint density at radius 1 is 1.06 bits per heavy atom. The van der Waals surface area contributed by atoms with Crippen LogP contribution in [0.4, 0.5) is 5.69 Å². The molecule has 0 saturated heterocycles. The van der Waals surface area contributed by atoms with E-state index in [1.165, 1.54) is 17.0 Å². The Hall–Kier alpha value is -2.58. The Kier molecular flexibility index (Phi) is 8.54. The summed E-state index contributed by atoms with van der Waals surface area (Å²) in [5.74, 6) is -0.808. The zero-order valence-corrected chi connectivity index (χ0v) is 21.5. The Morgan fingerprint density at radius 3 is 2.15 bits per heavy atom. The number of hydrogen-bond donors (Lipinski definition) is 1. The van der Waals surface area contributed by atoms with Crippen LogP contribution in [0.1, 0.15) is 38.8 Å². The van der Waals surface area contributed by atoms with Crippen LogP contribution in [0.25, 0.3) is 0 Å². The average molecular weight is 494 g/mol. The highest BCUT2D eigenvalue weighted by Gasteiger charge is 2.31. The van der Waals surface area contributed by atoms with Gasteiger partial charge in [-0.2, -0.15) is 0 Å². The third-order valence-electron chi connectivity index (χ3n) is 5.06. The fourth-order valence-electron chi connectivity index (χ4n) is 3.25. The first-order chi connectivity index (χ1) is 15.2. The highest BCUT2D eigenvalue weighted by molar-refractivity contribution is 7.92. The van der Waals surface area contributed by atoms with Gasteiger partial charge in [0.2, 0.25) is 21.8 Å². The highest BCUT2D eigenvalue weighted by Crippen LogP contribution is 2.22. The molecule has 0 heterocycles. The van der Waals surface area contributed by atoms with E-state index < -0.39 is 34.1 Å². The number of rotatable bonds is 8. The van der Waals surface area contributed by atoms with Gasteiger partial charge in [0, 0.05) is 17.1 Å². The summed E-state index contributed by atoms with van der Waals surface area (Å²) in [5, 5.41) is 3.35. The second-order valence-electron chi connectivity index (χ2n) is 9.11. The maximum absolute atomic E-state index is 13.5. The zero-order valence-electron chi connectivity index (χ0n) is 19.9. The lowest BCUT2D eigenvalue weighted by molar-refractivity contribution is -0.140. The minimum absolute atomic E-state index is 0.169. The molecule has 180 valence electrons. The Balaban J connectivity index is 2.41. The van der Waals surface area contributed by atoms with Crippen LogP contribution in [-0.2, 0) is 26.2 Å². The topological polar surface area (TPSA) is 86.8 Å². The Labute approximate surface area is 201 Å². The Bertz CT molecular complexity index is 1100. The summed E-state index contributed by atoms with van der Waals surface area (Å²) in [6, 6.07) is 13.0. The molecule has 0 aliphatic rings. The minimum atomic E-state index is -3.77. The fourth-order valence-corrected chi connectivity index (χ4v) is 4.22. The van der Waals surface area contributed by atoms with Crippen molar-refractivity contribution >= 4 is 39.1 Å². The van der Waals surface area contributed by atoms with Gasteiger partial charge in [-0.3, -0.25) is 13.9 Å². The van der Waals surface area contributed by atoms with E-state index in [4.69, 9.17) is 11.6 Å². The van der Waals surface area contributed by atoms with Crippen molar-refractivity contribution in [2.24, 2.45) is 0 Å². The van der Waals surface area contributed by atoms with E-state index in [1.54, 1.807) is 19.1 Å². The maximum Gasteiger partial charge on any atom is 0.244 e. The summed E-state index contributed by atoms with van der Waals surface area (Å²) in [4.78, 5) is 27.8. The molecule has 0 fully saturated rings. The predicted molar refractivity (Wildman–Crippen MR) is 133 cm³/mol. The normalized spacial score (nSPS) is 12.7. The van der Waals surface area contributed by atoms with E-state index in [2.05, 4.69) is 5.32 Å². The molecule has 0 spiro atoms. The smallest absolute Gasteiger partial charge is 0.244 e. The molecule has 0 aromatic heterocycles. The van der Waals surface area contributed by atoms with Crippen molar-refractivity contribution in [1.29, 1.82) is 0 Å². The molecule has 0 radical (unpaired) electrons. The molecule has 0 aliphatic heterocycles. The quantitative estimate of drug-likeness (QED) is 0.606. The van der Waals surface area contributed by atoms with Gasteiger partial charge >= 0.3 is 0 Å². The molecule has 2 amide bonds. The summed E-state index contributed by atoms with van der Waals surface area (Å²) in [7, 11) is -3.77. The molecule has 1 atom stereocenters. The van der Waals surface area contributed by atoms with E-state index in [1.807, 2.05) is 52.0 Å². The van der Waals surface area contributed by atoms with Gasteiger partial charge in [-0.25, -0.2) is 8.42 Å². The van der Waals surface area contributed by atoms with E-state index in [-0.39, 0.29) is 12.5 Å². The number of nitrogens with zero attached hydrogens (tertiary/aromatic N) is 2. The SMILES string of the molecule is Cc1ccccc1CN(C(=O)CN(c1ccc(Cl)cc1)S(C)(=O)=O)[C@H](C)C(=O)NC(C)(C)C. The van der Waals surface area contributed by atoms with Crippen molar-refractivity contribution in [3.63, 3.8) is 0 Å². The molecule has 33 heavy (non-hydrogen) atoms. The third kappa shape index (κ3) is 7.75. The van der Waals surface area contributed by atoms with Crippen molar-refractivity contribution in [3.8, 4) is 0 Å². The van der Waals surface area contributed by atoms with Gasteiger partial charge < -0.3 is 10.2 Å². The predicted octanol–water partition coefficient (Wildman–Crippen LogP) is 3.75. The Morgan fingerprint density at radius 2 is 1.64 bits per heavy atom. The average Bonchev–Trinajstić information content (AvgIpc) is 2.69. The van der Waals surface area contributed by atoms with Crippen molar-refractivity contribution in [2.75, 3.05) is 17.1 Å². The number of aryl methyl sites for hydroxylation is 1. The van der Waals surface area contributed by atoms with Crippen LogP contribution in [0.3, 0.4) is 0 Å². The number of carbonyl (C=O) groups excluding carboxylic acids is 2. The summed E-state index contributed by atoms with van der Waals surface area (Å²) >= 11 is 5.93. The lowest BCUT2D eigenvalue weighted by Crippen LogP contribution is -2.54. The van der Waals surface area contributed by atoms with Gasteiger partial charge in [0.1, 0.15) is 12.6 Å². The molecular formula is C24H32ClN3O4S. The molecular weight excluding hydrogens is 462 g/mol. The molecule has 2 aromatic rings. The summed E-state index contributed by atoms with van der Waals surface area (Å²) in [6.45, 7) is 8.87. The number of sulfonamides is 1. The lowest BCUT2D eigenvalue weighted by Gasteiger charge is -2.33. The second-order valence-corrected chi connectivity index (χ2v) is 11.5. The van der Waals surface area contributed by atoms with Crippen molar-refractivity contribution in [2.45, 2.75) is 52.7 Å². The van der Waals surface area contributed by atoms with Gasteiger partial charge in [-0.1, -0.05) is 35.9 Å². The monoisotopic (exact) mass is 493 g/mol. The van der Waals surface area contributed by atoms with Gasteiger partial charge in [-0.15, -0.1) is 0 Å². The van der Waals surface area contributed by atoms with Crippen LogP contribution < -0.4 is 9.62 Å². The number of amides is 2. The number of hydrogen-bond acceptors (Lipinski definition) is 4. The molecule has 9 heteroatoms. The van der Waals surface area contributed by atoms with Crippen LogP contribution in [0.15, 0.2) is 48.5 Å². The molecule has 0 aliphatic carbocycles. The van der Waals surface area contributed by atoms with Crippen LogP contribution in [0, 0.1) is 6.92 Å². The second kappa shape index (κ2) is 10.6. The maximum atomic E-state index is 13.5. The van der Waals surface area contributed by atoms with Gasteiger partial charge in [0.05, 0.1) is 11.9 Å². The largest absolute Gasteiger partial charge is 0.350 e. The van der Waals surface area contributed by atoms with E-state index in [0.29, 0.717) is 10.7 Å². The van der Waals surface area contributed by atoms with Gasteiger partial charge in [0.15, 0.2) is 0 Å². The summed E-state index contributed by atoms with van der Waals surface area (Å²) in [6.07, 6.45) is 1.04. The number of carbonyl (C=O) groups is 2. The molecule has 0 saturated carbocycles. The fraction of sp³-hybridized carbons (Fsp3) is 0.417. The van der Waals surface area contributed by atoms with Crippen LogP contribution >= 0.6 is 11.6 Å². The van der Waals surface area contributed by atoms with Crippen LogP contribution in [0.5, 0.6) is 0 Å². The third-order valence-corrected chi connectivity index (χ3v) is 6.45. The molecule has 2 rings (SSSR count). The number of nitrogens with one attached hydrogen (secondary N) is 1. The summed E-state index contributed by atoms with van der Waals surface area (Å²) < 4.78 is 26.1.